The van der Waals surface area contributed by atoms with Crippen LogP contribution in [0.25, 0.3) is 6.08 Å². The van der Waals surface area contributed by atoms with Crippen molar-refractivity contribution in [1.82, 2.24) is 4.90 Å². The zero-order valence-electron chi connectivity index (χ0n) is 11.2. The minimum Gasteiger partial charge on any atom is -0.490 e. The molecule has 20 heavy (non-hydrogen) atoms. The largest absolute Gasteiger partial charge is 0.490 e. The molecule has 1 heterocycles. The molecule has 0 bridgehead atoms. The predicted molar refractivity (Wildman–Crippen MR) is 80.5 cm³/mol. The smallest absolute Gasteiger partial charge is 0.293 e. The SMILES string of the molecule is C=CCOc1ccc(/C=C2\SC(=O)N(CC)C2=O)cc1. The first-order valence-corrected chi connectivity index (χ1v) is 7.06. The van der Waals surface area contributed by atoms with E-state index in [4.69, 9.17) is 4.74 Å². The maximum Gasteiger partial charge on any atom is 0.293 e. The van der Waals surface area contributed by atoms with Crippen molar-refractivity contribution in [3.05, 3.63) is 47.4 Å². The highest BCUT2D eigenvalue weighted by atomic mass is 32.2. The van der Waals surface area contributed by atoms with Gasteiger partial charge in [-0.1, -0.05) is 24.8 Å². The number of carbonyl (C=O) groups is 2. The highest BCUT2D eigenvalue weighted by molar-refractivity contribution is 8.18. The maximum absolute atomic E-state index is 11.9. The van der Waals surface area contributed by atoms with E-state index in [0.29, 0.717) is 18.1 Å². The van der Waals surface area contributed by atoms with Gasteiger partial charge in [-0.05, 0) is 42.5 Å². The Morgan fingerprint density at radius 2 is 2.00 bits per heavy atom. The van der Waals surface area contributed by atoms with E-state index in [1.54, 1.807) is 19.1 Å². The molecule has 0 atom stereocenters. The van der Waals surface area contributed by atoms with Gasteiger partial charge in [-0.15, -0.1) is 0 Å². The average Bonchev–Trinajstić information content (AvgIpc) is 2.72. The standard InChI is InChI=1S/C15H15NO3S/c1-3-9-19-12-7-5-11(6-8-12)10-13-14(17)16(4-2)15(18)20-13/h3,5-8,10H,1,4,9H2,2H3/b13-10-. The summed E-state index contributed by atoms with van der Waals surface area (Å²) in [5.74, 6) is 0.512. The molecular weight excluding hydrogens is 274 g/mol. The minimum atomic E-state index is -0.227. The number of hydrogen-bond acceptors (Lipinski definition) is 4. The summed E-state index contributed by atoms with van der Waals surface area (Å²) in [5, 5.41) is -0.213. The number of benzene rings is 1. The second kappa shape index (κ2) is 6.43. The molecule has 0 N–H and O–H groups in total. The summed E-state index contributed by atoms with van der Waals surface area (Å²) in [6.45, 7) is 6.22. The number of thioether (sulfide) groups is 1. The van der Waals surface area contributed by atoms with Crippen LogP contribution in [-0.2, 0) is 4.79 Å². The van der Waals surface area contributed by atoms with Crippen molar-refractivity contribution in [1.29, 1.82) is 0 Å². The third-order valence-corrected chi connectivity index (χ3v) is 3.64. The van der Waals surface area contributed by atoms with Crippen LogP contribution in [-0.4, -0.2) is 29.2 Å². The average molecular weight is 289 g/mol. The predicted octanol–water partition coefficient (Wildman–Crippen LogP) is 3.31. The molecule has 0 aliphatic carbocycles. The van der Waals surface area contributed by atoms with E-state index < -0.39 is 0 Å². The van der Waals surface area contributed by atoms with Gasteiger partial charge in [0.05, 0.1) is 4.91 Å². The second-order valence-corrected chi connectivity index (χ2v) is 5.09. The number of nitrogens with zero attached hydrogens (tertiary/aromatic N) is 1. The Balaban J connectivity index is 2.13. The summed E-state index contributed by atoms with van der Waals surface area (Å²) in [6, 6.07) is 7.33. The summed E-state index contributed by atoms with van der Waals surface area (Å²) < 4.78 is 5.38. The van der Waals surface area contributed by atoms with Crippen molar-refractivity contribution in [2.75, 3.05) is 13.2 Å². The van der Waals surface area contributed by atoms with E-state index >= 15 is 0 Å². The monoisotopic (exact) mass is 289 g/mol. The van der Waals surface area contributed by atoms with Crippen molar-refractivity contribution >= 4 is 29.0 Å². The molecule has 1 fully saturated rings. The van der Waals surface area contributed by atoms with Crippen LogP contribution in [0.3, 0.4) is 0 Å². The van der Waals surface area contributed by atoms with Crippen molar-refractivity contribution in [2.45, 2.75) is 6.92 Å². The number of carbonyl (C=O) groups excluding carboxylic acids is 2. The fourth-order valence-electron chi connectivity index (χ4n) is 1.74. The van der Waals surface area contributed by atoms with E-state index in [-0.39, 0.29) is 11.1 Å². The zero-order chi connectivity index (χ0) is 14.5. The normalized spacial score (nSPS) is 16.9. The van der Waals surface area contributed by atoms with Gasteiger partial charge in [0.25, 0.3) is 11.1 Å². The lowest BCUT2D eigenvalue weighted by atomic mass is 10.2. The summed E-state index contributed by atoms with van der Waals surface area (Å²) >= 11 is 0.973. The van der Waals surface area contributed by atoms with Crippen LogP contribution in [0.5, 0.6) is 5.75 Å². The third kappa shape index (κ3) is 3.11. The van der Waals surface area contributed by atoms with Gasteiger partial charge in [-0.3, -0.25) is 14.5 Å². The quantitative estimate of drug-likeness (QED) is 0.616. The van der Waals surface area contributed by atoms with Gasteiger partial charge < -0.3 is 4.74 Å². The summed E-state index contributed by atoms with van der Waals surface area (Å²) in [5.41, 5.74) is 0.859. The van der Waals surface area contributed by atoms with E-state index in [1.807, 2.05) is 24.3 Å². The summed E-state index contributed by atoms with van der Waals surface area (Å²) in [7, 11) is 0. The van der Waals surface area contributed by atoms with Crippen molar-refractivity contribution < 1.29 is 14.3 Å². The Kier molecular flexibility index (Phi) is 4.63. The Morgan fingerprint density at radius 1 is 1.30 bits per heavy atom. The lowest BCUT2D eigenvalue weighted by molar-refractivity contribution is -0.122. The number of amides is 2. The number of ether oxygens (including phenoxy) is 1. The van der Waals surface area contributed by atoms with Crippen LogP contribution in [0.15, 0.2) is 41.8 Å². The zero-order valence-corrected chi connectivity index (χ0v) is 12.0. The van der Waals surface area contributed by atoms with Gasteiger partial charge >= 0.3 is 0 Å². The van der Waals surface area contributed by atoms with Crippen LogP contribution in [0.4, 0.5) is 4.79 Å². The highest BCUT2D eigenvalue weighted by Crippen LogP contribution is 2.32. The summed E-state index contributed by atoms with van der Waals surface area (Å²) in [6.07, 6.45) is 3.40. The fourth-order valence-corrected chi connectivity index (χ4v) is 2.64. The molecule has 1 aliphatic heterocycles. The van der Waals surface area contributed by atoms with Crippen LogP contribution in [0.2, 0.25) is 0 Å². The molecule has 4 nitrogen and oxygen atoms in total. The molecule has 2 rings (SSSR count). The number of rotatable bonds is 5. The Labute approximate surface area is 122 Å². The van der Waals surface area contributed by atoms with Gasteiger partial charge in [-0.2, -0.15) is 0 Å². The Bertz CT molecular complexity index is 563. The van der Waals surface area contributed by atoms with Crippen molar-refractivity contribution in [3.8, 4) is 5.75 Å². The lowest BCUT2D eigenvalue weighted by Gasteiger charge is -2.07. The van der Waals surface area contributed by atoms with E-state index in [0.717, 1.165) is 23.1 Å². The molecule has 1 saturated heterocycles. The minimum absolute atomic E-state index is 0.213. The molecule has 0 aromatic heterocycles. The van der Waals surface area contributed by atoms with E-state index in [9.17, 15) is 9.59 Å². The van der Waals surface area contributed by atoms with Gasteiger partial charge in [0, 0.05) is 6.54 Å². The molecule has 0 spiro atoms. The molecule has 5 heteroatoms. The molecular formula is C15H15NO3S. The highest BCUT2D eigenvalue weighted by Gasteiger charge is 2.33. The molecule has 0 radical (unpaired) electrons. The summed E-state index contributed by atoms with van der Waals surface area (Å²) in [4.78, 5) is 25.2. The van der Waals surface area contributed by atoms with Crippen molar-refractivity contribution in [2.24, 2.45) is 0 Å². The number of imide groups is 1. The Hall–Kier alpha value is -2.01. The van der Waals surface area contributed by atoms with E-state index in [2.05, 4.69) is 6.58 Å². The van der Waals surface area contributed by atoms with Gasteiger partial charge in [0.1, 0.15) is 12.4 Å². The first kappa shape index (κ1) is 14.4. The van der Waals surface area contributed by atoms with Crippen LogP contribution in [0.1, 0.15) is 12.5 Å². The molecule has 1 aromatic rings. The second-order valence-electron chi connectivity index (χ2n) is 4.09. The van der Waals surface area contributed by atoms with Gasteiger partial charge in [0.2, 0.25) is 0 Å². The third-order valence-electron chi connectivity index (χ3n) is 2.74. The molecule has 2 amide bonds. The van der Waals surface area contributed by atoms with Crippen LogP contribution in [0, 0.1) is 0 Å². The van der Waals surface area contributed by atoms with E-state index in [1.165, 1.54) is 4.90 Å². The van der Waals surface area contributed by atoms with Gasteiger partial charge in [0.15, 0.2) is 0 Å². The Morgan fingerprint density at radius 3 is 2.55 bits per heavy atom. The van der Waals surface area contributed by atoms with Gasteiger partial charge in [-0.25, -0.2) is 0 Å². The number of likely N-dealkylation sites (N-methyl/N-ethyl adjacent to an activating group) is 1. The molecule has 1 aromatic carbocycles. The maximum atomic E-state index is 11.9. The first-order valence-electron chi connectivity index (χ1n) is 6.25. The van der Waals surface area contributed by atoms with Crippen molar-refractivity contribution in [3.63, 3.8) is 0 Å². The topological polar surface area (TPSA) is 46.6 Å². The molecule has 0 unspecified atom stereocenters. The lowest BCUT2D eigenvalue weighted by Crippen LogP contribution is -2.27. The molecule has 0 saturated carbocycles. The number of hydrogen-bond donors (Lipinski definition) is 0. The van der Waals surface area contributed by atoms with Crippen LogP contribution >= 0.6 is 11.8 Å². The first-order chi connectivity index (χ1) is 9.65. The molecule has 104 valence electrons. The fraction of sp³-hybridized carbons (Fsp3) is 0.200. The van der Waals surface area contributed by atoms with Crippen LogP contribution < -0.4 is 4.74 Å². The molecule has 1 aliphatic rings.